The number of nitriles is 2. The Labute approximate surface area is 194 Å². The summed E-state index contributed by atoms with van der Waals surface area (Å²) >= 11 is 0. The Morgan fingerprint density at radius 3 is 1.16 bits per heavy atom. The third-order valence-electron chi connectivity index (χ3n) is 3.78. The first kappa shape index (κ1) is 28.7. The number of nitrogens with zero attached hydrogens (tertiary/aromatic N) is 7. The zero-order valence-corrected chi connectivity index (χ0v) is 16.7. The second-order valence-corrected chi connectivity index (χ2v) is 6.30. The first-order chi connectivity index (χ1) is 16.6. The van der Waals surface area contributed by atoms with E-state index in [1.165, 1.54) is 0 Å². The van der Waals surface area contributed by atoms with Crippen LogP contribution in [-0.2, 0) is 24.7 Å². The number of nitrogens with one attached hydrogen (secondary N) is 1. The number of alkyl halides is 12. The van der Waals surface area contributed by atoms with Gasteiger partial charge in [0.2, 0.25) is 0 Å². The molecule has 0 fully saturated rings. The predicted octanol–water partition coefficient (Wildman–Crippen LogP) is 3.82. The van der Waals surface area contributed by atoms with Gasteiger partial charge >= 0.3 is 24.7 Å². The average Bonchev–Trinajstić information content (AvgIpc) is 3.02. The van der Waals surface area contributed by atoms with Crippen LogP contribution in [0.2, 0.25) is 0 Å². The van der Waals surface area contributed by atoms with Crippen molar-refractivity contribution in [3.63, 3.8) is 0 Å². The van der Waals surface area contributed by atoms with E-state index in [1.807, 2.05) is 0 Å². The monoisotopic (exact) mass is 549 g/mol. The molecule has 0 spiro atoms. The van der Waals surface area contributed by atoms with Gasteiger partial charge in [0.15, 0.2) is 45.8 Å². The Morgan fingerprint density at radius 1 is 0.568 bits per heavy atom. The van der Waals surface area contributed by atoms with Gasteiger partial charge in [0.1, 0.15) is 23.5 Å². The Bertz CT molecular complexity index is 1320. The zero-order chi connectivity index (χ0) is 28.7. The maximum absolute atomic E-state index is 12.5. The summed E-state index contributed by atoms with van der Waals surface area (Å²) < 4.78 is 149. The molecule has 0 saturated heterocycles. The summed E-state index contributed by atoms with van der Waals surface area (Å²) in [7, 11) is 0. The average molecular weight is 549 g/mol. The van der Waals surface area contributed by atoms with Gasteiger partial charge in [0.05, 0.1) is 0 Å². The maximum atomic E-state index is 12.5. The second kappa shape index (κ2) is 9.15. The molecule has 9 nitrogen and oxygen atoms in total. The minimum atomic E-state index is -5.43. The van der Waals surface area contributed by atoms with Crippen LogP contribution in [0, 0.1) is 28.1 Å². The SMILES string of the molecule is N#Cc1nc(C(F)(F)F)c(C(F)(F)F)nc1C#N.N=C1N=C(N)c2nc(C(F)(F)F)c(C(F)(F)F)nc21. The van der Waals surface area contributed by atoms with E-state index in [9.17, 15) is 52.7 Å². The van der Waals surface area contributed by atoms with Gasteiger partial charge in [0, 0.05) is 0 Å². The molecule has 3 rings (SSSR count). The highest BCUT2D eigenvalue weighted by atomic mass is 19.4. The number of halogens is 12. The third-order valence-corrected chi connectivity index (χ3v) is 3.78. The molecule has 1 aliphatic heterocycles. The van der Waals surface area contributed by atoms with Crippen LogP contribution in [0.3, 0.4) is 0 Å². The van der Waals surface area contributed by atoms with Gasteiger partial charge in [-0.15, -0.1) is 0 Å². The van der Waals surface area contributed by atoms with Crippen LogP contribution in [-0.4, -0.2) is 31.6 Å². The number of hydrogen-bond donors (Lipinski definition) is 2. The third kappa shape index (κ3) is 5.99. The molecule has 0 aromatic carbocycles. The summed E-state index contributed by atoms with van der Waals surface area (Å²) in [5.41, 5.74) is -7.56. The molecule has 21 heteroatoms. The lowest BCUT2D eigenvalue weighted by atomic mass is 10.2. The van der Waals surface area contributed by atoms with Crippen LogP contribution in [0.25, 0.3) is 0 Å². The summed E-state index contributed by atoms with van der Waals surface area (Å²) in [5.74, 6) is -1.34. The summed E-state index contributed by atoms with van der Waals surface area (Å²) in [6.45, 7) is 0. The van der Waals surface area contributed by atoms with Crippen molar-refractivity contribution in [2.75, 3.05) is 0 Å². The Kier molecular flexibility index (Phi) is 7.09. The molecule has 0 unspecified atom stereocenters. The van der Waals surface area contributed by atoms with Crippen molar-refractivity contribution >= 4 is 11.7 Å². The fourth-order valence-electron chi connectivity index (χ4n) is 2.39. The Balaban J connectivity index is 0.000000261. The van der Waals surface area contributed by atoms with E-state index >= 15 is 0 Å². The summed E-state index contributed by atoms with van der Waals surface area (Å²) in [4.78, 5) is 13.9. The van der Waals surface area contributed by atoms with Crippen LogP contribution in [0.4, 0.5) is 52.7 Å². The van der Waals surface area contributed by atoms with E-state index in [0.717, 1.165) is 12.1 Å². The van der Waals surface area contributed by atoms with E-state index in [2.05, 4.69) is 24.9 Å². The van der Waals surface area contributed by atoms with Crippen molar-refractivity contribution < 1.29 is 52.7 Å². The topological polar surface area (TPSA) is 161 Å². The lowest BCUT2D eigenvalue weighted by molar-refractivity contribution is -0.167. The normalized spacial score (nSPS) is 13.7. The first-order valence-electron chi connectivity index (χ1n) is 8.49. The summed E-state index contributed by atoms with van der Waals surface area (Å²) in [6.07, 6.45) is -21.6. The Hall–Kier alpha value is -4.56. The van der Waals surface area contributed by atoms with E-state index < -0.39 is 81.9 Å². The summed E-state index contributed by atoms with van der Waals surface area (Å²) in [5, 5.41) is 23.9. The van der Waals surface area contributed by atoms with Crippen LogP contribution < -0.4 is 5.73 Å². The quantitative estimate of drug-likeness (QED) is 0.473. The van der Waals surface area contributed by atoms with E-state index in [4.69, 9.17) is 21.7 Å². The largest absolute Gasteiger partial charge is 0.435 e. The molecule has 0 amide bonds. The molecule has 1 aliphatic rings. The predicted molar refractivity (Wildman–Crippen MR) is 91.1 cm³/mol. The van der Waals surface area contributed by atoms with E-state index in [0.29, 0.717) is 0 Å². The number of fused-ring (bicyclic) bond motifs is 1. The molecule has 3 heterocycles. The van der Waals surface area contributed by atoms with Gasteiger partial charge in [-0.05, 0) is 0 Å². The highest BCUT2D eigenvalue weighted by Crippen LogP contribution is 2.39. The van der Waals surface area contributed by atoms with Crippen LogP contribution in [0.5, 0.6) is 0 Å². The number of amidine groups is 2. The summed E-state index contributed by atoms with van der Waals surface area (Å²) in [6, 6.07) is 2.15. The molecule has 0 bridgehead atoms. The number of nitrogens with two attached hydrogens (primary N) is 1. The highest BCUT2D eigenvalue weighted by molar-refractivity contribution is 6.18. The van der Waals surface area contributed by atoms with Crippen LogP contribution in [0.1, 0.15) is 45.6 Å². The van der Waals surface area contributed by atoms with Gasteiger partial charge < -0.3 is 5.73 Å². The number of aliphatic imine (C=N–C) groups is 1. The molecular weight excluding hydrogens is 546 g/mol. The lowest BCUT2D eigenvalue weighted by Crippen LogP contribution is -2.25. The molecule has 0 saturated carbocycles. The van der Waals surface area contributed by atoms with Crippen LogP contribution >= 0.6 is 0 Å². The fourth-order valence-corrected chi connectivity index (χ4v) is 2.39. The minimum Gasteiger partial charge on any atom is -0.382 e. The van der Waals surface area contributed by atoms with Gasteiger partial charge in [-0.2, -0.15) is 63.2 Å². The standard InChI is InChI=1S/C8H3F6N5.C8F6N4/c9-7(10,11)3-4(8(12,13)14)18-2-1(17-3)5(15)19-6(2)16;9-7(10,11)5-6(8(12,13)14)18-4(2-16)3(1-15)17-5/h(H3,15,16,19);. The highest BCUT2D eigenvalue weighted by Gasteiger charge is 2.49. The number of rotatable bonds is 0. The van der Waals surface area contributed by atoms with Crippen molar-refractivity contribution in [2.45, 2.75) is 24.7 Å². The van der Waals surface area contributed by atoms with Gasteiger partial charge in [-0.25, -0.2) is 24.9 Å². The molecule has 0 atom stereocenters. The molecule has 37 heavy (non-hydrogen) atoms. The molecule has 0 radical (unpaired) electrons. The maximum Gasteiger partial charge on any atom is 0.435 e. The molecule has 3 N–H and O–H groups in total. The van der Waals surface area contributed by atoms with Crippen molar-refractivity contribution in [1.82, 2.24) is 19.9 Å². The molecule has 196 valence electrons. The molecule has 2 aromatic heterocycles. The van der Waals surface area contributed by atoms with Crippen molar-refractivity contribution in [3.05, 3.63) is 45.6 Å². The smallest absolute Gasteiger partial charge is 0.382 e. The number of hydrogen-bond acceptors (Lipinski definition) is 8. The number of aromatic nitrogens is 4. The van der Waals surface area contributed by atoms with Gasteiger partial charge in [-0.1, -0.05) is 0 Å². The van der Waals surface area contributed by atoms with Crippen molar-refractivity contribution in [1.29, 1.82) is 15.9 Å². The second-order valence-electron chi connectivity index (χ2n) is 6.30. The Morgan fingerprint density at radius 2 is 0.865 bits per heavy atom. The van der Waals surface area contributed by atoms with E-state index in [-0.39, 0.29) is 0 Å². The minimum absolute atomic E-state index is 0.577. The first-order valence-corrected chi connectivity index (χ1v) is 8.49. The van der Waals surface area contributed by atoms with Gasteiger partial charge in [0.25, 0.3) is 0 Å². The van der Waals surface area contributed by atoms with Crippen LogP contribution in [0.15, 0.2) is 4.99 Å². The van der Waals surface area contributed by atoms with Crippen molar-refractivity contribution in [3.8, 4) is 12.1 Å². The molecule has 2 aromatic rings. The molecular formula is C16H3F12N9. The molecule has 0 aliphatic carbocycles. The fraction of sp³-hybridized carbons (Fsp3) is 0.250. The van der Waals surface area contributed by atoms with Gasteiger partial charge in [-0.3, -0.25) is 5.41 Å². The van der Waals surface area contributed by atoms with E-state index in [1.54, 1.807) is 0 Å². The lowest BCUT2D eigenvalue weighted by Gasteiger charge is -2.14. The van der Waals surface area contributed by atoms with Crippen molar-refractivity contribution in [2.24, 2.45) is 10.7 Å². The zero-order valence-electron chi connectivity index (χ0n) is 16.7.